The molecule has 0 radical (unpaired) electrons. The van der Waals surface area contributed by atoms with Crippen molar-refractivity contribution < 1.29 is 23.8 Å². The van der Waals surface area contributed by atoms with Crippen LogP contribution in [0.15, 0.2) is 58.1 Å². The number of benzene rings is 2. The number of aryl methyl sites for hydroxylation is 2. The fourth-order valence-corrected chi connectivity index (χ4v) is 5.54. The van der Waals surface area contributed by atoms with Crippen molar-refractivity contribution >= 4 is 11.8 Å². The maximum Gasteiger partial charge on any atom is 0.349 e. The zero-order valence-electron chi connectivity index (χ0n) is 26.2. The van der Waals surface area contributed by atoms with Gasteiger partial charge in [0, 0.05) is 31.0 Å². The van der Waals surface area contributed by atoms with E-state index in [-0.39, 0.29) is 36.8 Å². The molecule has 0 aliphatic heterocycles. The Bertz CT molecular complexity index is 1550. The summed E-state index contributed by atoms with van der Waals surface area (Å²) in [6.45, 7) is 5.85. The summed E-state index contributed by atoms with van der Waals surface area (Å²) >= 11 is 0. The normalized spacial score (nSPS) is 13.5. The van der Waals surface area contributed by atoms with Crippen molar-refractivity contribution in [3.05, 3.63) is 86.2 Å². The van der Waals surface area contributed by atoms with Crippen LogP contribution in [0.3, 0.4) is 0 Å². The highest BCUT2D eigenvalue weighted by Gasteiger charge is 2.31. The number of nitrogens with zero attached hydrogens (tertiary/aromatic N) is 3. The van der Waals surface area contributed by atoms with E-state index in [0.29, 0.717) is 48.6 Å². The Balaban J connectivity index is 1.45. The largest absolute Gasteiger partial charge is 0.497 e. The van der Waals surface area contributed by atoms with Crippen LogP contribution in [-0.4, -0.2) is 45.4 Å². The first-order chi connectivity index (χ1) is 21.1. The Morgan fingerprint density at radius 2 is 1.70 bits per heavy atom. The second kappa shape index (κ2) is 15.0. The van der Waals surface area contributed by atoms with E-state index in [9.17, 15) is 19.2 Å². The molecule has 236 valence electrons. The van der Waals surface area contributed by atoms with Gasteiger partial charge in [0.15, 0.2) is 11.4 Å². The number of hydrogen-bond acceptors (Lipinski definition) is 8. The number of methoxy groups -OCH3 is 1. The predicted molar refractivity (Wildman–Crippen MR) is 167 cm³/mol. The van der Waals surface area contributed by atoms with Gasteiger partial charge in [-0.05, 0) is 94.8 Å². The average Bonchev–Trinajstić information content (AvgIpc) is 3.55. The Labute approximate surface area is 258 Å². The molecule has 3 aromatic rings. The van der Waals surface area contributed by atoms with E-state index in [1.165, 1.54) is 9.25 Å². The molecule has 0 spiro atoms. The number of carbonyl (C=O) groups excluding carboxylic acids is 2. The molecule has 10 nitrogen and oxygen atoms in total. The molecule has 1 aliphatic carbocycles. The summed E-state index contributed by atoms with van der Waals surface area (Å²) in [6.07, 6.45) is 5.65. The lowest BCUT2D eigenvalue weighted by molar-refractivity contribution is -0.158. The second-order valence-electron chi connectivity index (χ2n) is 11.7. The SMILES string of the molecule is CCOC(=O)C(C)(C)Oc1cccc(CCCn2nc(C3CCCC3)c(=O)n(CCCC(=O)c3ccc(OC)cc3)c2=O)c1. The molecule has 1 aromatic heterocycles. The van der Waals surface area contributed by atoms with Gasteiger partial charge in [-0.25, -0.2) is 14.3 Å². The number of carbonyl (C=O) groups is 2. The fourth-order valence-electron chi connectivity index (χ4n) is 5.54. The first kappa shape index (κ1) is 32.7. The maximum atomic E-state index is 13.4. The van der Waals surface area contributed by atoms with E-state index in [2.05, 4.69) is 5.10 Å². The van der Waals surface area contributed by atoms with Crippen LogP contribution in [0.4, 0.5) is 0 Å². The number of Topliss-reactive ketones (excluding diaryl/α,β-unsaturated/α-hetero) is 1. The number of ketones is 1. The van der Waals surface area contributed by atoms with Crippen molar-refractivity contribution in [1.29, 1.82) is 0 Å². The summed E-state index contributed by atoms with van der Waals surface area (Å²) in [6, 6.07) is 14.4. The van der Waals surface area contributed by atoms with Crippen LogP contribution in [-0.2, 0) is 29.0 Å². The minimum Gasteiger partial charge on any atom is -0.497 e. The Kier molecular flexibility index (Phi) is 11.1. The minimum atomic E-state index is -1.13. The third kappa shape index (κ3) is 8.24. The molecule has 1 fully saturated rings. The minimum absolute atomic E-state index is 0.0399. The molecule has 0 saturated heterocycles. The molecule has 0 bridgehead atoms. The highest BCUT2D eigenvalue weighted by atomic mass is 16.6. The maximum absolute atomic E-state index is 13.4. The van der Waals surface area contributed by atoms with E-state index >= 15 is 0 Å². The van der Waals surface area contributed by atoms with Gasteiger partial charge in [0.1, 0.15) is 17.2 Å². The van der Waals surface area contributed by atoms with Gasteiger partial charge in [-0.1, -0.05) is 25.0 Å². The summed E-state index contributed by atoms with van der Waals surface area (Å²) in [5.41, 5.74) is 0.0637. The molecule has 4 rings (SSSR count). The van der Waals surface area contributed by atoms with E-state index in [1.54, 1.807) is 58.2 Å². The summed E-state index contributed by atoms with van der Waals surface area (Å²) in [5, 5.41) is 4.57. The Morgan fingerprint density at radius 3 is 2.39 bits per heavy atom. The van der Waals surface area contributed by atoms with Crippen LogP contribution in [0.5, 0.6) is 11.5 Å². The second-order valence-corrected chi connectivity index (χ2v) is 11.7. The van der Waals surface area contributed by atoms with Crippen LogP contribution in [0, 0.1) is 0 Å². The number of rotatable bonds is 15. The van der Waals surface area contributed by atoms with Gasteiger partial charge >= 0.3 is 11.7 Å². The highest BCUT2D eigenvalue weighted by molar-refractivity contribution is 5.96. The lowest BCUT2D eigenvalue weighted by atomic mass is 10.0. The van der Waals surface area contributed by atoms with Gasteiger partial charge in [-0.15, -0.1) is 0 Å². The summed E-state index contributed by atoms with van der Waals surface area (Å²) in [4.78, 5) is 51.8. The van der Waals surface area contributed by atoms with Crippen LogP contribution in [0.1, 0.15) is 93.3 Å². The first-order valence-corrected chi connectivity index (χ1v) is 15.5. The van der Waals surface area contributed by atoms with Crippen molar-refractivity contribution in [2.45, 2.75) is 96.7 Å². The third-order valence-corrected chi connectivity index (χ3v) is 7.96. The molecule has 0 amide bonds. The molecule has 1 saturated carbocycles. The third-order valence-electron chi connectivity index (χ3n) is 7.96. The topological polar surface area (TPSA) is 119 Å². The Hall–Kier alpha value is -4.21. The number of ether oxygens (including phenoxy) is 3. The zero-order valence-corrected chi connectivity index (χ0v) is 26.2. The summed E-state index contributed by atoms with van der Waals surface area (Å²) < 4.78 is 18.9. The number of hydrogen-bond donors (Lipinski definition) is 0. The molecule has 44 heavy (non-hydrogen) atoms. The van der Waals surface area contributed by atoms with Crippen molar-refractivity contribution in [2.24, 2.45) is 0 Å². The predicted octanol–water partition coefficient (Wildman–Crippen LogP) is 5.09. The molecule has 0 unspecified atom stereocenters. The van der Waals surface area contributed by atoms with E-state index in [0.717, 1.165) is 31.2 Å². The van der Waals surface area contributed by atoms with Gasteiger partial charge in [0.25, 0.3) is 5.56 Å². The van der Waals surface area contributed by atoms with Crippen molar-refractivity contribution in [2.75, 3.05) is 13.7 Å². The monoisotopic (exact) mass is 605 g/mol. The molecular formula is C34H43N3O7. The van der Waals surface area contributed by atoms with E-state index in [4.69, 9.17) is 14.2 Å². The van der Waals surface area contributed by atoms with Crippen molar-refractivity contribution in [3.8, 4) is 11.5 Å². The number of aromatic nitrogens is 3. The molecular weight excluding hydrogens is 562 g/mol. The lowest BCUT2D eigenvalue weighted by Gasteiger charge is -2.24. The smallest absolute Gasteiger partial charge is 0.349 e. The molecule has 1 aliphatic rings. The van der Waals surface area contributed by atoms with E-state index < -0.39 is 17.3 Å². The number of esters is 1. The van der Waals surface area contributed by atoms with Gasteiger partial charge in [0.05, 0.1) is 13.7 Å². The molecule has 0 N–H and O–H groups in total. The van der Waals surface area contributed by atoms with E-state index in [1.807, 2.05) is 18.2 Å². The van der Waals surface area contributed by atoms with Crippen molar-refractivity contribution in [3.63, 3.8) is 0 Å². The Morgan fingerprint density at radius 1 is 0.977 bits per heavy atom. The van der Waals surface area contributed by atoms with Gasteiger partial charge < -0.3 is 14.2 Å². The van der Waals surface area contributed by atoms with Crippen LogP contribution in [0.2, 0.25) is 0 Å². The van der Waals surface area contributed by atoms with Gasteiger partial charge in [-0.2, -0.15) is 5.10 Å². The quantitative estimate of drug-likeness (QED) is 0.174. The van der Waals surface area contributed by atoms with Crippen LogP contribution in [0.25, 0.3) is 0 Å². The van der Waals surface area contributed by atoms with Gasteiger partial charge in [0.2, 0.25) is 0 Å². The zero-order chi connectivity index (χ0) is 31.7. The summed E-state index contributed by atoms with van der Waals surface area (Å²) in [5.74, 6) is 0.774. The molecule has 0 atom stereocenters. The lowest BCUT2D eigenvalue weighted by Crippen LogP contribution is -2.44. The molecule has 2 aromatic carbocycles. The molecule has 10 heteroatoms. The van der Waals surface area contributed by atoms with Gasteiger partial charge in [-0.3, -0.25) is 14.2 Å². The first-order valence-electron chi connectivity index (χ1n) is 15.5. The van der Waals surface area contributed by atoms with Crippen LogP contribution < -0.4 is 20.7 Å². The van der Waals surface area contributed by atoms with Crippen molar-refractivity contribution in [1.82, 2.24) is 14.3 Å². The fraction of sp³-hybridized carbons (Fsp3) is 0.500. The summed E-state index contributed by atoms with van der Waals surface area (Å²) in [7, 11) is 1.57. The average molecular weight is 606 g/mol. The highest BCUT2D eigenvalue weighted by Crippen LogP contribution is 2.31. The standard InChI is InChI=1S/C34H43N3O7/c1-5-43-32(40)34(2,3)44-28-15-8-11-24(23-28)12-9-22-37-33(41)36(31(39)30(35-37)26-13-6-7-14-26)21-10-16-29(38)25-17-19-27(42-4)20-18-25/h8,11,15,17-20,23,26H,5-7,9-10,12-14,16,21-22H2,1-4H3. The van der Waals surface area contributed by atoms with Crippen LogP contribution >= 0.6 is 0 Å². The molecule has 1 heterocycles.